The zero-order valence-corrected chi connectivity index (χ0v) is 14.8. The van der Waals surface area contributed by atoms with Gasteiger partial charge in [-0.3, -0.25) is 4.79 Å². The number of benzene rings is 1. The van der Waals surface area contributed by atoms with Crippen molar-refractivity contribution in [3.05, 3.63) is 29.8 Å². The van der Waals surface area contributed by atoms with E-state index < -0.39 is 12.0 Å². The summed E-state index contributed by atoms with van der Waals surface area (Å²) in [5, 5.41) is 2.66. The third-order valence-corrected chi connectivity index (χ3v) is 3.34. The molecule has 1 aromatic rings. The van der Waals surface area contributed by atoms with Gasteiger partial charge in [-0.25, -0.2) is 4.79 Å². The van der Waals surface area contributed by atoms with Gasteiger partial charge in [-0.15, -0.1) is 0 Å². The van der Waals surface area contributed by atoms with Gasteiger partial charge in [-0.1, -0.05) is 19.9 Å². The first kappa shape index (κ1) is 19.5. The lowest BCUT2D eigenvalue weighted by atomic mass is 10.0. The van der Waals surface area contributed by atoms with Crippen LogP contribution in [0.25, 0.3) is 6.08 Å². The lowest BCUT2D eigenvalue weighted by Crippen LogP contribution is -2.41. The Morgan fingerprint density at radius 3 is 2.33 bits per heavy atom. The van der Waals surface area contributed by atoms with Crippen molar-refractivity contribution in [2.75, 3.05) is 21.3 Å². The fourth-order valence-electron chi connectivity index (χ4n) is 2.18. The van der Waals surface area contributed by atoms with Crippen LogP contribution >= 0.6 is 0 Å². The highest BCUT2D eigenvalue weighted by Gasteiger charge is 2.21. The van der Waals surface area contributed by atoms with Gasteiger partial charge < -0.3 is 19.5 Å². The molecule has 0 spiro atoms. The van der Waals surface area contributed by atoms with Crippen LogP contribution in [0.5, 0.6) is 11.5 Å². The van der Waals surface area contributed by atoms with Crippen LogP contribution in [0.2, 0.25) is 0 Å². The number of carbonyl (C=O) groups is 2. The molecule has 1 unspecified atom stereocenters. The summed E-state index contributed by atoms with van der Waals surface area (Å²) < 4.78 is 15.1. The number of rotatable bonds is 8. The normalized spacial score (nSPS) is 12.1. The van der Waals surface area contributed by atoms with Crippen molar-refractivity contribution >= 4 is 18.0 Å². The largest absolute Gasteiger partial charge is 0.493 e. The topological polar surface area (TPSA) is 73.9 Å². The molecule has 0 saturated carbocycles. The van der Waals surface area contributed by atoms with Crippen molar-refractivity contribution < 1.29 is 23.8 Å². The van der Waals surface area contributed by atoms with Crippen molar-refractivity contribution in [1.82, 2.24) is 5.32 Å². The summed E-state index contributed by atoms with van der Waals surface area (Å²) in [7, 11) is 4.41. The SMILES string of the molecule is COC(=O)C(CC(C)C)NC(=O)/C=C/c1ccc(OC)c(OC)c1. The Kier molecular flexibility index (Phi) is 7.82. The van der Waals surface area contributed by atoms with Gasteiger partial charge in [0.05, 0.1) is 21.3 Å². The quantitative estimate of drug-likeness (QED) is 0.583. The number of hydrogen-bond donors (Lipinski definition) is 1. The summed E-state index contributed by atoms with van der Waals surface area (Å²) in [5.41, 5.74) is 0.779. The Morgan fingerprint density at radius 1 is 1.12 bits per heavy atom. The molecule has 0 heterocycles. The van der Waals surface area contributed by atoms with Crippen LogP contribution in [-0.2, 0) is 14.3 Å². The Balaban J connectivity index is 2.78. The van der Waals surface area contributed by atoms with Gasteiger partial charge in [0.2, 0.25) is 5.91 Å². The highest BCUT2D eigenvalue weighted by atomic mass is 16.5. The number of amides is 1. The van der Waals surface area contributed by atoms with Gasteiger partial charge in [-0.2, -0.15) is 0 Å². The van der Waals surface area contributed by atoms with E-state index in [1.165, 1.54) is 13.2 Å². The van der Waals surface area contributed by atoms with Gasteiger partial charge in [0.25, 0.3) is 0 Å². The zero-order valence-electron chi connectivity index (χ0n) is 14.8. The van der Waals surface area contributed by atoms with E-state index in [-0.39, 0.29) is 11.8 Å². The maximum atomic E-state index is 12.0. The monoisotopic (exact) mass is 335 g/mol. The van der Waals surface area contributed by atoms with Crippen LogP contribution in [-0.4, -0.2) is 39.2 Å². The molecule has 0 aliphatic rings. The molecule has 1 rings (SSSR count). The van der Waals surface area contributed by atoms with Gasteiger partial charge in [-0.05, 0) is 36.1 Å². The van der Waals surface area contributed by atoms with E-state index in [1.54, 1.807) is 38.5 Å². The highest BCUT2D eigenvalue weighted by Crippen LogP contribution is 2.27. The molecule has 6 nitrogen and oxygen atoms in total. The second-order valence-corrected chi connectivity index (χ2v) is 5.66. The van der Waals surface area contributed by atoms with Crippen LogP contribution in [0, 0.1) is 5.92 Å². The predicted molar refractivity (Wildman–Crippen MR) is 92.0 cm³/mol. The second-order valence-electron chi connectivity index (χ2n) is 5.66. The minimum Gasteiger partial charge on any atom is -0.493 e. The fraction of sp³-hybridized carbons (Fsp3) is 0.444. The molecule has 6 heteroatoms. The van der Waals surface area contributed by atoms with Gasteiger partial charge >= 0.3 is 5.97 Å². The molecular weight excluding hydrogens is 310 g/mol. The Morgan fingerprint density at radius 2 is 1.79 bits per heavy atom. The fourth-order valence-corrected chi connectivity index (χ4v) is 2.18. The smallest absolute Gasteiger partial charge is 0.328 e. The van der Waals surface area contributed by atoms with Gasteiger partial charge in [0.1, 0.15) is 6.04 Å². The average Bonchev–Trinajstić information content (AvgIpc) is 2.57. The van der Waals surface area contributed by atoms with E-state index in [9.17, 15) is 9.59 Å². The van der Waals surface area contributed by atoms with Crippen LogP contribution in [0.3, 0.4) is 0 Å². The summed E-state index contributed by atoms with van der Waals surface area (Å²) >= 11 is 0. The number of hydrogen-bond acceptors (Lipinski definition) is 5. The molecule has 24 heavy (non-hydrogen) atoms. The average molecular weight is 335 g/mol. The lowest BCUT2D eigenvalue weighted by molar-refractivity contribution is -0.145. The van der Waals surface area contributed by atoms with Gasteiger partial charge in [0.15, 0.2) is 11.5 Å². The third-order valence-electron chi connectivity index (χ3n) is 3.34. The molecule has 0 bridgehead atoms. The molecule has 0 radical (unpaired) electrons. The van der Waals surface area contributed by atoms with Crippen molar-refractivity contribution in [2.24, 2.45) is 5.92 Å². The van der Waals surface area contributed by atoms with Crippen molar-refractivity contribution in [3.63, 3.8) is 0 Å². The number of carbonyl (C=O) groups excluding carboxylic acids is 2. The number of methoxy groups -OCH3 is 3. The van der Waals surface area contributed by atoms with Gasteiger partial charge in [0, 0.05) is 6.08 Å². The molecule has 0 fully saturated rings. The molecular formula is C18H25NO5. The number of nitrogens with one attached hydrogen (secondary N) is 1. The molecule has 1 amide bonds. The predicted octanol–water partition coefficient (Wildman–Crippen LogP) is 2.42. The van der Waals surface area contributed by atoms with E-state index in [0.29, 0.717) is 17.9 Å². The van der Waals surface area contributed by atoms with E-state index in [4.69, 9.17) is 14.2 Å². The summed E-state index contributed by atoms with van der Waals surface area (Å²) in [6.07, 6.45) is 3.53. The van der Waals surface area contributed by atoms with Crippen molar-refractivity contribution in [2.45, 2.75) is 26.3 Å². The second kappa shape index (κ2) is 9.60. The highest BCUT2D eigenvalue weighted by molar-refractivity contribution is 5.94. The Labute approximate surface area is 142 Å². The third kappa shape index (κ3) is 5.95. The van der Waals surface area contributed by atoms with E-state index >= 15 is 0 Å². The van der Waals surface area contributed by atoms with Crippen LogP contribution < -0.4 is 14.8 Å². The summed E-state index contributed by atoms with van der Waals surface area (Å²) in [6.45, 7) is 3.95. The first-order chi connectivity index (χ1) is 11.4. The maximum absolute atomic E-state index is 12.0. The van der Waals surface area contributed by atoms with Crippen LogP contribution in [0.1, 0.15) is 25.8 Å². The first-order valence-electron chi connectivity index (χ1n) is 7.69. The molecule has 0 aliphatic heterocycles. The standard InChI is InChI=1S/C18H25NO5/c1-12(2)10-14(18(21)24-5)19-17(20)9-7-13-6-8-15(22-3)16(11-13)23-4/h6-9,11-12,14H,10H2,1-5H3,(H,19,20)/b9-7+. The molecule has 1 atom stereocenters. The first-order valence-corrected chi connectivity index (χ1v) is 7.69. The summed E-state index contributed by atoms with van der Waals surface area (Å²) in [5.74, 6) is 0.635. The Bertz CT molecular complexity index is 595. The molecule has 0 aromatic heterocycles. The maximum Gasteiger partial charge on any atom is 0.328 e. The van der Waals surface area contributed by atoms with E-state index in [1.807, 2.05) is 13.8 Å². The van der Waals surface area contributed by atoms with E-state index in [0.717, 1.165) is 5.56 Å². The molecule has 132 valence electrons. The Hall–Kier alpha value is -2.50. The van der Waals surface area contributed by atoms with E-state index in [2.05, 4.69) is 5.32 Å². The summed E-state index contributed by atoms with van der Waals surface area (Å²) in [4.78, 5) is 23.8. The zero-order chi connectivity index (χ0) is 18.1. The molecule has 1 aromatic carbocycles. The number of esters is 1. The van der Waals surface area contributed by atoms with Crippen LogP contribution in [0.4, 0.5) is 0 Å². The molecule has 1 N–H and O–H groups in total. The molecule has 0 aliphatic carbocycles. The van der Waals surface area contributed by atoms with Crippen LogP contribution in [0.15, 0.2) is 24.3 Å². The van der Waals surface area contributed by atoms with Crippen molar-refractivity contribution in [3.8, 4) is 11.5 Å². The minimum absolute atomic E-state index is 0.254. The molecule has 0 saturated heterocycles. The lowest BCUT2D eigenvalue weighted by Gasteiger charge is -2.17. The summed E-state index contributed by atoms with van der Waals surface area (Å²) in [6, 6.07) is 4.66. The van der Waals surface area contributed by atoms with Crippen molar-refractivity contribution in [1.29, 1.82) is 0 Å². The number of ether oxygens (including phenoxy) is 3. The minimum atomic E-state index is -0.655.